The zero-order valence-electron chi connectivity index (χ0n) is 7.77. The molecule has 1 aliphatic carbocycles. The van der Waals surface area contributed by atoms with Crippen molar-refractivity contribution in [1.29, 1.82) is 0 Å². The van der Waals surface area contributed by atoms with E-state index < -0.39 is 0 Å². The molecule has 0 heterocycles. The van der Waals surface area contributed by atoms with Crippen LogP contribution in [0.4, 0.5) is 0 Å². The van der Waals surface area contributed by atoms with Crippen molar-refractivity contribution in [3.63, 3.8) is 0 Å². The number of rotatable bonds is 2. The van der Waals surface area contributed by atoms with Gasteiger partial charge in [0.1, 0.15) is 0 Å². The summed E-state index contributed by atoms with van der Waals surface area (Å²) in [6, 6.07) is 0. The molecule has 0 aromatic heterocycles. The summed E-state index contributed by atoms with van der Waals surface area (Å²) in [6.45, 7) is 4.73. The predicted octanol–water partition coefficient (Wildman–Crippen LogP) is 3.32. The second kappa shape index (κ2) is 4.17. The quantitative estimate of drug-likeness (QED) is 0.669. The summed E-state index contributed by atoms with van der Waals surface area (Å²) in [5, 5.41) is 0. The van der Waals surface area contributed by atoms with Gasteiger partial charge in [-0.25, -0.2) is 0 Å². The first-order chi connectivity index (χ1) is 5.23. The molecule has 2 unspecified atom stereocenters. The number of hydrogen-bond acceptors (Lipinski definition) is 0. The van der Waals surface area contributed by atoms with E-state index in [4.69, 9.17) is 0 Å². The molecular weight excluding hydrogens is 242 g/mol. The van der Waals surface area contributed by atoms with Gasteiger partial charge in [0, 0.05) is 0 Å². The van der Waals surface area contributed by atoms with E-state index in [0.717, 1.165) is 9.28 Å². The van der Waals surface area contributed by atoms with E-state index >= 15 is 0 Å². The van der Waals surface area contributed by atoms with Gasteiger partial charge in [-0.05, 0) is 0 Å². The molecule has 0 aliphatic heterocycles. The van der Waals surface area contributed by atoms with Crippen LogP contribution in [-0.2, 0) is 0 Å². The van der Waals surface area contributed by atoms with Crippen LogP contribution >= 0.6 is 0 Å². The van der Waals surface area contributed by atoms with E-state index in [1.807, 2.05) is 0 Å². The molecule has 0 bridgehead atoms. The Balaban J connectivity index is 2.57. The van der Waals surface area contributed by atoms with E-state index in [1.54, 1.807) is 0 Å². The van der Waals surface area contributed by atoms with E-state index in [1.165, 1.54) is 38.5 Å². The zero-order valence-corrected chi connectivity index (χ0v) is 10.3. The fraction of sp³-hybridized carbons (Fsp3) is 1.00. The standard InChI is InChI=1S/C10H19.Sb/c1-3-9-7-5-6-8-10(9)4-2;/h9H,3-8H2,1-2H3;. The van der Waals surface area contributed by atoms with Gasteiger partial charge >= 0.3 is 84.7 Å². The van der Waals surface area contributed by atoms with Gasteiger partial charge in [0.05, 0.1) is 0 Å². The Kier molecular flexibility index (Phi) is 3.75. The van der Waals surface area contributed by atoms with Crippen molar-refractivity contribution < 1.29 is 0 Å². The van der Waals surface area contributed by atoms with Crippen molar-refractivity contribution in [2.45, 2.75) is 55.7 Å². The summed E-state index contributed by atoms with van der Waals surface area (Å²) in [7, 11) is 0. The molecule has 2 atom stereocenters. The van der Waals surface area contributed by atoms with Gasteiger partial charge in [0.15, 0.2) is 0 Å². The summed E-state index contributed by atoms with van der Waals surface area (Å²) in [5.41, 5.74) is 0. The summed E-state index contributed by atoms with van der Waals surface area (Å²) < 4.78 is 0.738. The summed E-state index contributed by atoms with van der Waals surface area (Å²) >= 11 is 2.10. The van der Waals surface area contributed by atoms with Crippen LogP contribution in [0.2, 0.25) is 3.36 Å². The second-order valence-electron chi connectivity index (χ2n) is 3.81. The van der Waals surface area contributed by atoms with E-state index in [0.29, 0.717) is 0 Å². The summed E-state index contributed by atoms with van der Waals surface area (Å²) in [5.74, 6) is 1.04. The molecule has 1 saturated carbocycles. The molecular formula is C10H19Sb. The third-order valence-electron chi connectivity index (χ3n) is 3.28. The van der Waals surface area contributed by atoms with Gasteiger partial charge < -0.3 is 0 Å². The fourth-order valence-electron chi connectivity index (χ4n) is 2.34. The molecule has 0 saturated heterocycles. The van der Waals surface area contributed by atoms with Gasteiger partial charge in [-0.15, -0.1) is 0 Å². The number of hydrogen-bond donors (Lipinski definition) is 0. The van der Waals surface area contributed by atoms with Crippen LogP contribution in [-0.4, -0.2) is 23.0 Å². The predicted molar refractivity (Wildman–Crippen MR) is 51.0 cm³/mol. The Morgan fingerprint density at radius 1 is 1.36 bits per heavy atom. The Labute approximate surface area is 84.6 Å². The summed E-state index contributed by atoms with van der Waals surface area (Å²) in [6.07, 6.45) is 8.78. The SMILES string of the molecule is CCC1CCCC[C]1([Sb])CC. The Hall–Kier alpha value is 0.818. The van der Waals surface area contributed by atoms with Crippen molar-refractivity contribution in [3.05, 3.63) is 0 Å². The first-order valence-electron chi connectivity index (χ1n) is 4.95. The average molecular weight is 261 g/mol. The van der Waals surface area contributed by atoms with Crippen LogP contribution in [0.1, 0.15) is 52.4 Å². The van der Waals surface area contributed by atoms with E-state index in [2.05, 4.69) is 36.9 Å². The molecule has 1 aliphatic rings. The monoisotopic (exact) mass is 260 g/mol. The van der Waals surface area contributed by atoms with E-state index in [-0.39, 0.29) is 0 Å². The van der Waals surface area contributed by atoms with Crippen LogP contribution < -0.4 is 0 Å². The normalized spacial score (nSPS) is 39.0. The van der Waals surface area contributed by atoms with Crippen LogP contribution in [0.15, 0.2) is 0 Å². The third kappa shape index (κ3) is 2.14. The van der Waals surface area contributed by atoms with Crippen LogP contribution in [0.3, 0.4) is 0 Å². The molecule has 0 amide bonds. The van der Waals surface area contributed by atoms with Crippen LogP contribution in [0.5, 0.6) is 0 Å². The molecule has 11 heavy (non-hydrogen) atoms. The third-order valence-corrected chi connectivity index (χ3v) is 5.86. The van der Waals surface area contributed by atoms with Gasteiger partial charge in [0.2, 0.25) is 0 Å². The second-order valence-corrected chi connectivity index (χ2v) is 6.35. The first kappa shape index (κ1) is 9.90. The average Bonchev–Trinajstić information content (AvgIpc) is 2.05. The Morgan fingerprint density at radius 3 is 2.55 bits per heavy atom. The fourth-order valence-corrected chi connectivity index (χ4v) is 3.69. The maximum atomic E-state index is 2.37. The molecule has 0 nitrogen and oxygen atoms in total. The Morgan fingerprint density at radius 2 is 2.09 bits per heavy atom. The molecule has 0 N–H and O–H groups in total. The van der Waals surface area contributed by atoms with Gasteiger partial charge in [-0.3, -0.25) is 0 Å². The molecule has 1 heteroatoms. The van der Waals surface area contributed by atoms with Crippen molar-refractivity contribution >= 4 is 23.0 Å². The van der Waals surface area contributed by atoms with Gasteiger partial charge in [-0.2, -0.15) is 0 Å². The first-order valence-corrected chi connectivity index (χ1v) is 6.23. The van der Waals surface area contributed by atoms with Gasteiger partial charge in [-0.1, -0.05) is 0 Å². The molecule has 0 aromatic rings. The van der Waals surface area contributed by atoms with Crippen LogP contribution in [0.25, 0.3) is 0 Å². The maximum absolute atomic E-state index is 2.37. The van der Waals surface area contributed by atoms with Crippen molar-refractivity contribution in [2.75, 3.05) is 0 Å². The van der Waals surface area contributed by atoms with Crippen molar-refractivity contribution in [1.82, 2.24) is 0 Å². The topological polar surface area (TPSA) is 0 Å². The van der Waals surface area contributed by atoms with Crippen LogP contribution in [0, 0.1) is 5.92 Å². The molecule has 1 rings (SSSR count). The Bertz CT molecular complexity index is 122. The van der Waals surface area contributed by atoms with Crippen molar-refractivity contribution in [3.8, 4) is 0 Å². The minimum absolute atomic E-state index is 0.738. The van der Waals surface area contributed by atoms with Gasteiger partial charge in [0.25, 0.3) is 0 Å². The van der Waals surface area contributed by atoms with Crippen molar-refractivity contribution in [2.24, 2.45) is 5.92 Å². The molecule has 0 aromatic carbocycles. The zero-order chi connectivity index (χ0) is 8.32. The minimum atomic E-state index is 0.738. The summed E-state index contributed by atoms with van der Waals surface area (Å²) in [4.78, 5) is 0. The molecule has 64 valence electrons. The molecule has 0 spiro atoms. The van der Waals surface area contributed by atoms with E-state index in [9.17, 15) is 0 Å². The molecule has 1 fully saturated rings. The molecule has 2 radical (unpaired) electrons.